The van der Waals surface area contributed by atoms with Crippen molar-refractivity contribution >= 4 is 24.2 Å². The first-order chi connectivity index (χ1) is 8.96. The molecule has 5 nitrogen and oxygen atoms in total. The lowest BCUT2D eigenvalue weighted by Gasteiger charge is -2.29. The number of amides is 2. The molecule has 20 heavy (non-hydrogen) atoms. The van der Waals surface area contributed by atoms with Gasteiger partial charge in [-0.2, -0.15) is 0 Å². The van der Waals surface area contributed by atoms with Crippen molar-refractivity contribution in [2.45, 2.75) is 52.0 Å². The number of carbonyl (C=O) groups excluding carboxylic acids is 2. The third-order valence-electron chi connectivity index (χ3n) is 4.01. The molecule has 1 aliphatic rings. The predicted molar refractivity (Wildman–Crippen MR) is 82.7 cm³/mol. The summed E-state index contributed by atoms with van der Waals surface area (Å²) in [6.45, 7) is 7.72. The number of carbonyl (C=O) groups is 2. The van der Waals surface area contributed by atoms with E-state index in [1.165, 1.54) is 0 Å². The highest BCUT2D eigenvalue weighted by atomic mass is 35.5. The fourth-order valence-electron chi connectivity index (χ4n) is 2.38. The van der Waals surface area contributed by atoms with Crippen molar-refractivity contribution in [2.75, 3.05) is 19.6 Å². The van der Waals surface area contributed by atoms with Gasteiger partial charge in [-0.25, -0.2) is 0 Å². The third kappa shape index (κ3) is 5.29. The zero-order valence-corrected chi connectivity index (χ0v) is 13.6. The van der Waals surface area contributed by atoms with Gasteiger partial charge in [-0.3, -0.25) is 9.59 Å². The second-order valence-electron chi connectivity index (χ2n) is 5.51. The molecule has 0 radical (unpaired) electrons. The molecule has 2 amide bonds. The van der Waals surface area contributed by atoms with Gasteiger partial charge in [-0.1, -0.05) is 0 Å². The first-order valence-electron chi connectivity index (χ1n) is 7.25. The number of nitrogens with two attached hydrogens (primary N) is 1. The molecule has 0 saturated heterocycles. The SMILES string of the molecule is CCN(CC)C(=O)CCC(=O)NC(C)(CN)C1CC1.Cl. The van der Waals surface area contributed by atoms with E-state index in [0.29, 0.717) is 25.6 Å². The Balaban J connectivity index is 0.00000361. The van der Waals surface area contributed by atoms with Gasteiger partial charge in [0.15, 0.2) is 0 Å². The quantitative estimate of drug-likeness (QED) is 0.710. The van der Waals surface area contributed by atoms with Crippen molar-refractivity contribution in [1.29, 1.82) is 0 Å². The first kappa shape index (κ1) is 19.2. The Morgan fingerprint density at radius 1 is 1.25 bits per heavy atom. The van der Waals surface area contributed by atoms with Crippen LogP contribution in [0.25, 0.3) is 0 Å². The summed E-state index contributed by atoms with van der Waals surface area (Å²) in [6, 6.07) is 0. The maximum Gasteiger partial charge on any atom is 0.223 e. The van der Waals surface area contributed by atoms with Gasteiger partial charge in [0, 0.05) is 32.5 Å². The highest BCUT2D eigenvalue weighted by molar-refractivity contribution is 5.85. The number of halogens is 1. The number of rotatable bonds is 8. The summed E-state index contributed by atoms with van der Waals surface area (Å²) < 4.78 is 0. The van der Waals surface area contributed by atoms with Crippen molar-refractivity contribution in [3.05, 3.63) is 0 Å². The summed E-state index contributed by atoms with van der Waals surface area (Å²) in [5.41, 5.74) is 5.46. The molecule has 1 aliphatic carbocycles. The van der Waals surface area contributed by atoms with Crippen LogP contribution in [0, 0.1) is 5.92 Å². The van der Waals surface area contributed by atoms with Crippen LogP contribution in [-0.4, -0.2) is 41.9 Å². The van der Waals surface area contributed by atoms with Crippen LogP contribution in [0.4, 0.5) is 0 Å². The Morgan fingerprint density at radius 3 is 2.20 bits per heavy atom. The highest BCUT2D eigenvalue weighted by Crippen LogP contribution is 2.38. The van der Waals surface area contributed by atoms with Gasteiger partial charge in [0.25, 0.3) is 0 Å². The molecule has 6 heteroatoms. The Morgan fingerprint density at radius 2 is 1.80 bits per heavy atom. The zero-order chi connectivity index (χ0) is 14.5. The van der Waals surface area contributed by atoms with Gasteiger partial charge in [-0.15, -0.1) is 12.4 Å². The summed E-state index contributed by atoms with van der Waals surface area (Å²) >= 11 is 0. The highest BCUT2D eigenvalue weighted by Gasteiger charge is 2.41. The van der Waals surface area contributed by atoms with E-state index in [1.807, 2.05) is 20.8 Å². The van der Waals surface area contributed by atoms with Crippen LogP contribution in [0.3, 0.4) is 0 Å². The molecule has 0 aliphatic heterocycles. The molecule has 1 unspecified atom stereocenters. The van der Waals surface area contributed by atoms with Crippen LogP contribution in [0.5, 0.6) is 0 Å². The first-order valence-corrected chi connectivity index (χ1v) is 7.25. The lowest BCUT2D eigenvalue weighted by atomic mass is 9.95. The Hall–Kier alpha value is -0.810. The van der Waals surface area contributed by atoms with E-state index >= 15 is 0 Å². The van der Waals surface area contributed by atoms with Crippen LogP contribution in [-0.2, 0) is 9.59 Å². The predicted octanol–water partition coefficient (Wildman–Crippen LogP) is 1.30. The molecule has 0 heterocycles. The Bertz CT molecular complexity index is 330. The van der Waals surface area contributed by atoms with E-state index in [9.17, 15) is 9.59 Å². The van der Waals surface area contributed by atoms with E-state index in [4.69, 9.17) is 5.73 Å². The molecular weight excluding hydrogens is 278 g/mol. The average molecular weight is 306 g/mol. The summed E-state index contributed by atoms with van der Waals surface area (Å²) in [6.07, 6.45) is 2.79. The monoisotopic (exact) mass is 305 g/mol. The Kier molecular flexibility index (Phi) is 8.13. The summed E-state index contributed by atoms with van der Waals surface area (Å²) in [7, 11) is 0. The van der Waals surface area contributed by atoms with E-state index in [-0.39, 0.29) is 42.6 Å². The fraction of sp³-hybridized carbons (Fsp3) is 0.857. The van der Waals surface area contributed by atoms with Gasteiger partial charge >= 0.3 is 0 Å². The van der Waals surface area contributed by atoms with Crippen LogP contribution < -0.4 is 11.1 Å². The zero-order valence-electron chi connectivity index (χ0n) is 12.8. The van der Waals surface area contributed by atoms with Crippen LogP contribution in [0.1, 0.15) is 46.5 Å². The number of nitrogens with zero attached hydrogens (tertiary/aromatic N) is 1. The normalized spacial score (nSPS) is 16.8. The lowest BCUT2D eigenvalue weighted by molar-refractivity contribution is -0.133. The van der Waals surface area contributed by atoms with Crippen molar-refractivity contribution < 1.29 is 9.59 Å². The summed E-state index contributed by atoms with van der Waals surface area (Å²) in [4.78, 5) is 25.5. The second-order valence-corrected chi connectivity index (χ2v) is 5.51. The molecule has 3 N–H and O–H groups in total. The standard InChI is InChI=1S/C14H27N3O2.ClH/c1-4-17(5-2)13(19)9-8-12(18)16-14(3,10-15)11-6-7-11;/h11H,4-10,15H2,1-3H3,(H,16,18);1H. The van der Waals surface area contributed by atoms with Gasteiger partial charge in [0.2, 0.25) is 11.8 Å². The van der Waals surface area contributed by atoms with E-state index in [1.54, 1.807) is 4.90 Å². The number of nitrogens with one attached hydrogen (secondary N) is 1. The molecule has 118 valence electrons. The minimum atomic E-state index is -0.296. The molecule has 0 bridgehead atoms. The maximum absolute atomic E-state index is 11.9. The van der Waals surface area contributed by atoms with Gasteiger partial charge in [0.1, 0.15) is 0 Å². The average Bonchev–Trinajstić information content (AvgIpc) is 3.22. The summed E-state index contributed by atoms with van der Waals surface area (Å²) in [5, 5.41) is 3.00. The number of hydrogen-bond acceptors (Lipinski definition) is 3. The van der Waals surface area contributed by atoms with Gasteiger partial charge in [0.05, 0.1) is 5.54 Å². The lowest BCUT2D eigenvalue weighted by Crippen LogP contribution is -2.53. The molecular formula is C14H28ClN3O2. The van der Waals surface area contributed by atoms with E-state index in [0.717, 1.165) is 12.8 Å². The molecule has 0 aromatic rings. The molecule has 1 atom stereocenters. The molecule has 1 saturated carbocycles. The van der Waals surface area contributed by atoms with Crippen LogP contribution in [0.15, 0.2) is 0 Å². The van der Waals surface area contributed by atoms with Crippen molar-refractivity contribution in [2.24, 2.45) is 11.7 Å². The van der Waals surface area contributed by atoms with E-state index in [2.05, 4.69) is 5.32 Å². The van der Waals surface area contributed by atoms with Crippen molar-refractivity contribution in [3.63, 3.8) is 0 Å². The minimum Gasteiger partial charge on any atom is -0.349 e. The minimum absolute atomic E-state index is 0. The number of hydrogen-bond donors (Lipinski definition) is 2. The maximum atomic E-state index is 11.9. The largest absolute Gasteiger partial charge is 0.349 e. The van der Waals surface area contributed by atoms with Gasteiger partial charge < -0.3 is 16.0 Å². The molecule has 0 aromatic heterocycles. The van der Waals surface area contributed by atoms with E-state index < -0.39 is 0 Å². The Labute approximate surface area is 128 Å². The smallest absolute Gasteiger partial charge is 0.223 e. The summed E-state index contributed by atoms with van der Waals surface area (Å²) in [5.74, 6) is 0.473. The third-order valence-corrected chi connectivity index (χ3v) is 4.01. The fourth-order valence-corrected chi connectivity index (χ4v) is 2.38. The molecule has 1 rings (SSSR count). The second kappa shape index (κ2) is 8.47. The van der Waals surface area contributed by atoms with Crippen LogP contribution in [0.2, 0.25) is 0 Å². The topological polar surface area (TPSA) is 75.4 Å². The van der Waals surface area contributed by atoms with Crippen molar-refractivity contribution in [3.8, 4) is 0 Å². The molecule has 1 fully saturated rings. The van der Waals surface area contributed by atoms with Crippen molar-refractivity contribution in [1.82, 2.24) is 10.2 Å². The molecule has 0 aromatic carbocycles. The van der Waals surface area contributed by atoms with Crippen LogP contribution >= 0.6 is 12.4 Å². The van der Waals surface area contributed by atoms with Gasteiger partial charge in [-0.05, 0) is 39.5 Å². The molecule has 0 spiro atoms.